The third-order valence-corrected chi connectivity index (χ3v) is 4.18. The van der Waals surface area contributed by atoms with Gasteiger partial charge in [0.05, 0.1) is 12.6 Å². The molecule has 1 aromatic heterocycles. The fraction of sp³-hybridized carbons (Fsp3) is 0.500. The van der Waals surface area contributed by atoms with Crippen LogP contribution < -0.4 is 5.73 Å². The van der Waals surface area contributed by atoms with Gasteiger partial charge in [0, 0.05) is 28.8 Å². The van der Waals surface area contributed by atoms with Crippen molar-refractivity contribution in [2.24, 2.45) is 5.92 Å². The highest BCUT2D eigenvalue weighted by Crippen LogP contribution is 2.29. The van der Waals surface area contributed by atoms with Crippen molar-refractivity contribution < 1.29 is 4.74 Å². The van der Waals surface area contributed by atoms with Crippen molar-refractivity contribution in [2.45, 2.75) is 32.4 Å². The van der Waals surface area contributed by atoms with E-state index in [-0.39, 0.29) is 6.10 Å². The molecule has 112 valence electrons. The van der Waals surface area contributed by atoms with Gasteiger partial charge in [0.2, 0.25) is 0 Å². The van der Waals surface area contributed by atoms with E-state index in [0.29, 0.717) is 22.5 Å². The summed E-state index contributed by atoms with van der Waals surface area (Å²) in [6.07, 6.45) is 2.32. The molecule has 1 aliphatic rings. The number of hydrogen-bond acceptors (Lipinski definition) is 5. The summed E-state index contributed by atoms with van der Waals surface area (Å²) in [5, 5.41) is 12.6. The van der Waals surface area contributed by atoms with Gasteiger partial charge in [0.15, 0.2) is 5.82 Å². The fourth-order valence-corrected chi connectivity index (χ4v) is 3.01. The standard InChI is InChI=1S/C14H18ClN5O/c1-2-13-9(5-6-21-13)8-20-14(17-18-19-20)11-4-3-10(15)7-12(11)16/h3-4,7,9,13H,2,5-6,8,16H2,1H3. The van der Waals surface area contributed by atoms with Crippen molar-refractivity contribution in [3.63, 3.8) is 0 Å². The van der Waals surface area contributed by atoms with Crippen LogP contribution in [0.5, 0.6) is 0 Å². The Hall–Kier alpha value is -1.66. The van der Waals surface area contributed by atoms with Crippen LogP contribution in [0.1, 0.15) is 19.8 Å². The topological polar surface area (TPSA) is 78.8 Å². The SMILES string of the molecule is CCC1OCCC1Cn1nnnc1-c1ccc(Cl)cc1N. The largest absolute Gasteiger partial charge is 0.398 e. The Morgan fingerprint density at radius 1 is 1.48 bits per heavy atom. The maximum atomic E-state index is 6.03. The zero-order valence-electron chi connectivity index (χ0n) is 11.9. The lowest BCUT2D eigenvalue weighted by Crippen LogP contribution is -2.21. The van der Waals surface area contributed by atoms with Crippen LogP contribution in [0.15, 0.2) is 18.2 Å². The Bertz CT molecular complexity index is 630. The van der Waals surface area contributed by atoms with Gasteiger partial charge in [0.25, 0.3) is 0 Å². The van der Waals surface area contributed by atoms with Gasteiger partial charge in [-0.15, -0.1) is 5.10 Å². The number of rotatable bonds is 4. The minimum atomic E-state index is 0.282. The van der Waals surface area contributed by atoms with Crippen LogP contribution in [-0.2, 0) is 11.3 Å². The van der Waals surface area contributed by atoms with E-state index < -0.39 is 0 Å². The second kappa shape index (κ2) is 5.99. The van der Waals surface area contributed by atoms with Crippen LogP contribution in [0.4, 0.5) is 5.69 Å². The molecule has 1 aromatic carbocycles. The zero-order chi connectivity index (χ0) is 14.8. The van der Waals surface area contributed by atoms with E-state index in [1.165, 1.54) is 0 Å². The number of anilines is 1. The van der Waals surface area contributed by atoms with Gasteiger partial charge in [0.1, 0.15) is 0 Å². The van der Waals surface area contributed by atoms with Gasteiger partial charge >= 0.3 is 0 Å². The highest BCUT2D eigenvalue weighted by atomic mass is 35.5. The predicted molar refractivity (Wildman–Crippen MR) is 80.8 cm³/mol. The number of nitrogens with zero attached hydrogens (tertiary/aromatic N) is 4. The molecule has 0 saturated carbocycles. The van der Waals surface area contributed by atoms with E-state index in [0.717, 1.165) is 31.6 Å². The van der Waals surface area contributed by atoms with Gasteiger partial charge in [-0.1, -0.05) is 18.5 Å². The minimum Gasteiger partial charge on any atom is -0.398 e. The molecular weight excluding hydrogens is 290 g/mol. The van der Waals surface area contributed by atoms with Crippen molar-refractivity contribution in [3.05, 3.63) is 23.2 Å². The Balaban J connectivity index is 1.87. The number of benzene rings is 1. The van der Waals surface area contributed by atoms with Crippen LogP contribution in [0.3, 0.4) is 0 Å². The second-order valence-corrected chi connectivity index (χ2v) is 5.72. The quantitative estimate of drug-likeness (QED) is 0.877. The third kappa shape index (κ3) is 2.87. The summed E-state index contributed by atoms with van der Waals surface area (Å²) in [4.78, 5) is 0. The average Bonchev–Trinajstić information content (AvgIpc) is 3.08. The smallest absolute Gasteiger partial charge is 0.184 e. The molecule has 3 rings (SSSR count). The van der Waals surface area contributed by atoms with E-state index in [1.54, 1.807) is 12.1 Å². The first-order chi connectivity index (χ1) is 10.2. The molecule has 2 atom stereocenters. The molecule has 1 aliphatic heterocycles. The summed E-state index contributed by atoms with van der Waals surface area (Å²) in [5.74, 6) is 1.11. The molecular formula is C14H18ClN5O. The van der Waals surface area contributed by atoms with E-state index in [2.05, 4.69) is 22.4 Å². The number of ether oxygens (including phenoxy) is 1. The maximum absolute atomic E-state index is 6.03. The zero-order valence-corrected chi connectivity index (χ0v) is 12.6. The van der Waals surface area contributed by atoms with Crippen LogP contribution >= 0.6 is 11.6 Å². The second-order valence-electron chi connectivity index (χ2n) is 5.28. The van der Waals surface area contributed by atoms with Crippen molar-refractivity contribution in [3.8, 4) is 11.4 Å². The predicted octanol–water partition coefficient (Wildman–Crippen LogP) is 2.39. The molecule has 0 aliphatic carbocycles. The van der Waals surface area contributed by atoms with Crippen molar-refractivity contribution in [1.82, 2.24) is 20.2 Å². The molecule has 7 heteroatoms. The Morgan fingerprint density at radius 3 is 3.10 bits per heavy atom. The average molecular weight is 308 g/mol. The Labute approximate surface area is 128 Å². The summed E-state index contributed by atoms with van der Waals surface area (Å²) in [7, 11) is 0. The summed E-state index contributed by atoms with van der Waals surface area (Å²) >= 11 is 5.94. The summed E-state index contributed by atoms with van der Waals surface area (Å²) in [6.45, 7) is 3.69. The lowest BCUT2D eigenvalue weighted by atomic mass is 9.99. The summed E-state index contributed by atoms with van der Waals surface area (Å²) < 4.78 is 7.53. The molecule has 1 saturated heterocycles. The minimum absolute atomic E-state index is 0.282. The molecule has 0 bridgehead atoms. The third-order valence-electron chi connectivity index (χ3n) is 3.94. The van der Waals surface area contributed by atoms with Gasteiger partial charge in [-0.05, 0) is 41.5 Å². The first-order valence-electron chi connectivity index (χ1n) is 7.12. The van der Waals surface area contributed by atoms with E-state index in [1.807, 2.05) is 10.7 Å². The molecule has 1 fully saturated rings. The van der Waals surface area contributed by atoms with Crippen molar-refractivity contribution >= 4 is 17.3 Å². The van der Waals surface area contributed by atoms with Gasteiger partial charge < -0.3 is 10.5 Å². The number of halogens is 1. The lowest BCUT2D eigenvalue weighted by molar-refractivity contribution is 0.0825. The van der Waals surface area contributed by atoms with E-state index >= 15 is 0 Å². The molecule has 0 radical (unpaired) electrons. The lowest BCUT2D eigenvalue weighted by Gasteiger charge is -2.17. The Morgan fingerprint density at radius 2 is 2.33 bits per heavy atom. The first kappa shape index (κ1) is 14.3. The molecule has 2 heterocycles. The number of tetrazole rings is 1. The number of nitrogens with two attached hydrogens (primary N) is 1. The number of nitrogen functional groups attached to an aromatic ring is 1. The highest BCUT2D eigenvalue weighted by Gasteiger charge is 2.28. The molecule has 6 nitrogen and oxygen atoms in total. The molecule has 2 unspecified atom stereocenters. The molecule has 21 heavy (non-hydrogen) atoms. The summed E-state index contributed by atoms with van der Waals surface area (Å²) in [6, 6.07) is 5.35. The molecule has 0 spiro atoms. The highest BCUT2D eigenvalue weighted by molar-refractivity contribution is 6.31. The van der Waals surface area contributed by atoms with Gasteiger partial charge in [-0.3, -0.25) is 0 Å². The van der Waals surface area contributed by atoms with Crippen LogP contribution in [-0.4, -0.2) is 32.9 Å². The van der Waals surface area contributed by atoms with Gasteiger partial charge in [-0.25, -0.2) is 4.68 Å². The van der Waals surface area contributed by atoms with Crippen LogP contribution in [0.2, 0.25) is 5.02 Å². The molecule has 2 aromatic rings. The molecule has 0 amide bonds. The fourth-order valence-electron chi connectivity index (χ4n) is 2.83. The monoisotopic (exact) mass is 307 g/mol. The number of aromatic nitrogens is 4. The maximum Gasteiger partial charge on any atom is 0.184 e. The van der Waals surface area contributed by atoms with Crippen molar-refractivity contribution in [2.75, 3.05) is 12.3 Å². The van der Waals surface area contributed by atoms with E-state index in [4.69, 9.17) is 22.1 Å². The van der Waals surface area contributed by atoms with Crippen LogP contribution in [0, 0.1) is 5.92 Å². The summed E-state index contributed by atoms with van der Waals surface area (Å²) in [5.41, 5.74) is 7.40. The number of hydrogen-bond donors (Lipinski definition) is 1. The van der Waals surface area contributed by atoms with Crippen molar-refractivity contribution in [1.29, 1.82) is 0 Å². The normalized spacial score (nSPS) is 21.8. The van der Waals surface area contributed by atoms with E-state index in [9.17, 15) is 0 Å². The first-order valence-corrected chi connectivity index (χ1v) is 7.50. The van der Waals surface area contributed by atoms with Crippen LogP contribution in [0.25, 0.3) is 11.4 Å². The molecule has 2 N–H and O–H groups in total. The Kier molecular flexibility index (Phi) is 4.07. The van der Waals surface area contributed by atoms with Gasteiger partial charge in [-0.2, -0.15) is 0 Å².